The molecule has 1 fully saturated rings. The van der Waals surface area contributed by atoms with Gasteiger partial charge in [-0.1, -0.05) is 13.8 Å². The Kier molecular flexibility index (Phi) is 6.96. The van der Waals surface area contributed by atoms with Gasteiger partial charge in [0.25, 0.3) is 0 Å². The van der Waals surface area contributed by atoms with Crippen molar-refractivity contribution in [1.29, 1.82) is 0 Å². The topological polar surface area (TPSA) is 32.8 Å². The van der Waals surface area contributed by atoms with Crippen molar-refractivity contribution >= 4 is 5.97 Å². The molecule has 0 spiro atoms. The Morgan fingerprint density at radius 2 is 1.85 bits per heavy atom. The number of hydrogen-bond acceptors (Lipinski definition) is 4. The van der Waals surface area contributed by atoms with Gasteiger partial charge < -0.3 is 9.64 Å². The van der Waals surface area contributed by atoms with E-state index in [1.165, 1.54) is 0 Å². The van der Waals surface area contributed by atoms with Crippen molar-refractivity contribution in [2.75, 3.05) is 39.8 Å². The molecule has 1 heterocycles. The number of carbonyl (C=O) groups excluding carboxylic acids is 1. The molecule has 1 unspecified atom stereocenters. The van der Waals surface area contributed by atoms with E-state index >= 15 is 0 Å². The lowest BCUT2D eigenvalue weighted by Crippen LogP contribution is -2.56. The average Bonchev–Trinajstić information content (AvgIpc) is 2.37. The Morgan fingerprint density at radius 3 is 2.35 bits per heavy atom. The fraction of sp³-hybridized carbons (Fsp3) is 0.938. The van der Waals surface area contributed by atoms with Crippen molar-refractivity contribution in [3.63, 3.8) is 0 Å². The normalized spacial score (nSPS) is 20.9. The van der Waals surface area contributed by atoms with Crippen molar-refractivity contribution < 1.29 is 9.53 Å². The first kappa shape index (κ1) is 17.4. The maximum absolute atomic E-state index is 12.0. The third kappa shape index (κ3) is 5.41. The van der Waals surface area contributed by atoms with Gasteiger partial charge in [-0.25, -0.2) is 0 Å². The summed E-state index contributed by atoms with van der Waals surface area (Å²) in [7, 11) is 2.16. The molecule has 0 N–H and O–H groups in total. The van der Waals surface area contributed by atoms with Gasteiger partial charge in [0.1, 0.15) is 0 Å². The van der Waals surface area contributed by atoms with E-state index in [1.54, 1.807) is 0 Å². The van der Waals surface area contributed by atoms with Gasteiger partial charge in [0.15, 0.2) is 0 Å². The van der Waals surface area contributed by atoms with Crippen molar-refractivity contribution in [3.8, 4) is 0 Å². The second-order valence-corrected chi connectivity index (χ2v) is 6.70. The Morgan fingerprint density at radius 1 is 1.25 bits per heavy atom. The number of esters is 1. The van der Waals surface area contributed by atoms with Crippen molar-refractivity contribution in [2.24, 2.45) is 5.92 Å². The van der Waals surface area contributed by atoms with Gasteiger partial charge in [0.2, 0.25) is 0 Å². The quantitative estimate of drug-likeness (QED) is 0.672. The predicted octanol–water partition coefficient (Wildman–Crippen LogP) is 2.38. The molecule has 118 valence electrons. The van der Waals surface area contributed by atoms with Crippen LogP contribution >= 0.6 is 0 Å². The molecule has 0 amide bonds. The number of likely N-dealkylation sites (N-methyl/N-ethyl adjacent to an activating group) is 1. The first-order valence-electron chi connectivity index (χ1n) is 7.96. The Balaban J connectivity index is 2.69. The summed E-state index contributed by atoms with van der Waals surface area (Å²) in [6, 6.07) is 0. The van der Waals surface area contributed by atoms with Crippen molar-refractivity contribution in [3.05, 3.63) is 0 Å². The molecule has 0 aromatic rings. The first-order valence-corrected chi connectivity index (χ1v) is 7.96. The number of piperazine rings is 1. The zero-order valence-corrected chi connectivity index (χ0v) is 13.9. The summed E-state index contributed by atoms with van der Waals surface area (Å²) < 4.78 is 5.18. The van der Waals surface area contributed by atoms with Crippen LogP contribution in [0.4, 0.5) is 0 Å². The minimum atomic E-state index is -0.0578. The summed E-state index contributed by atoms with van der Waals surface area (Å²) in [5.41, 5.74) is -0.0578. The zero-order chi connectivity index (χ0) is 15.2. The standard InChI is InChI=1S/C16H32N2O2/c1-6-20-15(19)13-16(4,8-7-14(2)3)18-11-9-17(5)10-12-18/h14H,6-13H2,1-5H3. The largest absolute Gasteiger partial charge is 0.466 e. The van der Waals surface area contributed by atoms with Gasteiger partial charge in [-0.15, -0.1) is 0 Å². The van der Waals surface area contributed by atoms with Gasteiger partial charge in [-0.05, 0) is 39.7 Å². The molecule has 0 saturated carbocycles. The summed E-state index contributed by atoms with van der Waals surface area (Å²) in [6.45, 7) is 13.3. The molecule has 1 rings (SSSR count). The van der Waals surface area contributed by atoms with Crippen molar-refractivity contribution in [2.45, 2.75) is 52.5 Å². The van der Waals surface area contributed by atoms with E-state index in [1.807, 2.05) is 6.92 Å². The van der Waals surface area contributed by atoms with Gasteiger partial charge in [-0.3, -0.25) is 9.69 Å². The third-order valence-corrected chi connectivity index (χ3v) is 4.36. The Bertz CT molecular complexity index is 299. The average molecular weight is 284 g/mol. The molecule has 1 saturated heterocycles. The van der Waals surface area contributed by atoms with E-state index in [-0.39, 0.29) is 11.5 Å². The van der Waals surface area contributed by atoms with E-state index in [0.717, 1.165) is 39.0 Å². The number of ether oxygens (including phenoxy) is 1. The van der Waals surface area contributed by atoms with Crippen LogP contribution in [0.3, 0.4) is 0 Å². The third-order valence-electron chi connectivity index (χ3n) is 4.36. The fourth-order valence-electron chi connectivity index (χ4n) is 2.83. The van der Waals surface area contributed by atoms with E-state index in [9.17, 15) is 4.79 Å². The summed E-state index contributed by atoms with van der Waals surface area (Å²) in [4.78, 5) is 16.8. The molecule has 1 aliphatic heterocycles. The summed E-state index contributed by atoms with van der Waals surface area (Å²) in [6.07, 6.45) is 2.73. The molecule has 0 aliphatic carbocycles. The summed E-state index contributed by atoms with van der Waals surface area (Å²) in [5, 5.41) is 0. The highest BCUT2D eigenvalue weighted by atomic mass is 16.5. The van der Waals surface area contributed by atoms with Crippen LogP contribution in [-0.4, -0.2) is 61.1 Å². The number of hydrogen-bond donors (Lipinski definition) is 0. The highest BCUT2D eigenvalue weighted by molar-refractivity contribution is 5.70. The lowest BCUT2D eigenvalue weighted by molar-refractivity contribution is -0.147. The molecular weight excluding hydrogens is 252 g/mol. The molecule has 0 radical (unpaired) electrons. The second-order valence-electron chi connectivity index (χ2n) is 6.70. The molecule has 0 aromatic carbocycles. The predicted molar refractivity (Wildman–Crippen MR) is 82.8 cm³/mol. The lowest BCUT2D eigenvalue weighted by atomic mass is 9.86. The summed E-state index contributed by atoms with van der Waals surface area (Å²) in [5.74, 6) is 0.613. The number of carbonyl (C=O) groups is 1. The molecule has 0 bridgehead atoms. The molecule has 20 heavy (non-hydrogen) atoms. The molecule has 1 aliphatic rings. The minimum absolute atomic E-state index is 0.0577. The van der Waals surface area contributed by atoms with Crippen LogP contribution < -0.4 is 0 Å². The molecule has 0 aromatic heterocycles. The van der Waals surface area contributed by atoms with E-state index in [4.69, 9.17) is 4.74 Å². The fourth-order valence-corrected chi connectivity index (χ4v) is 2.83. The smallest absolute Gasteiger partial charge is 0.307 e. The second kappa shape index (κ2) is 7.99. The van der Waals surface area contributed by atoms with Gasteiger partial charge >= 0.3 is 5.97 Å². The monoisotopic (exact) mass is 284 g/mol. The van der Waals surface area contributed by atoms with Crippen LogP contribution in [0.15, 0.2) is 0 Å². The van der Waals surface area contributed by atoms with Crippen LogP contribution in [-0.2, 0) is 9.53 Å². The molecule has 1 atom stereocenters. The summed E-state index contributed by atoms with van der Waals surface area (Å²) >= 11 is 0. The molecule has 4 nitrogen and oxygen atoms in total. The first-order chi connectivity index (χ1) is 9.37. The molecular formula is C16H32N2O2. The van der Waals surface area contributed by atoms with Crippen LogP contribution in [0.1, 0.15) is 47.0 Å². The maximum Gasteiger partial charge on any atom is 0.307 e. The Hall–Kier alpha value is -0.610. The molecule has 4 heteroatoms. The number of nitrogens with zero attached hydrogens (tertiary/aromatic N) is 2. The van der Waals surface area contributed by atoms with Gasteiger partial charge in [0.05, 0.1) is 13.0 Å². The zero-order valence-electron chi connectivity index (χ0n) is 13.9. The van der Waals surface area contributed by atoms with Crippen LogP contribution in [0.2, 0.25) is 0 Å². The van der Waals surface area contributed by atoms with Crippen LogP contribution in [0.5, 0.6) is 0 Å². The van der Waals surface area contributed by atoms with Gasteiger partial charge in [0, 0.05) is 31.7 Å². The maximum atomic E-state index is 12.0. The van der Waals surface area contributed by atoms with E-state index in [2.05, 4.69) is 37.6 Å². The van der Waals surface area contributed by atoms with Crippen LogP contribution in [0.25, 0.3) is 0 Å². The van der Waals surface area contributed by atoms with Gasteiger partial charge in [-0.2, -0.15) is 0 Å². The highest BCUT2D eigenvalue weighted by Gasteiger charge is 2.35. The lowest BCUT2D eigenvalue weighted by Gasteiger charge is -2.45. The number of rotatable bonds is 7. The highest BCUT2D eigenvalue weighted by Crippen LogP contribution is 2.28. The van der Waals surface area contributed by atoms with Crippen LogP contribution in [0, 0.1) is 5.92 Å². The van der Waals surface area contributed by atoms with E-state index in [0.29, 0.717) is 18.9 Å². The Labute approximate surface area is 124 Å². The SMILES string of the molecule is CCOC(=O)CC(C)(CCC(C)C)N1CCN(C)CC1. The minimum Gasteiger partial charge on any atom is -0.466 e. The van der Waals surface area contributed by atoms with Crippen molar-refractivity contribution in [1.82, 2.24) is 9.80 Å². The van der Waals surface area contributed by atoms with E-state index < -0.39 is 0 Å².